The van der Waals surface area contributed by atoms with Gasteiger partial charge in [0.05, 0.1) is 18.5 Å². The van der Waals surface area contributed by atoms with E-state index in [1.54, 1.807) is 19.1 Å². The van der Waals surface area contributed by atoms with E-state index < -0.39 is 27.2 Å². The number of amides is 1. The van der Waals surface area contributed by atoms with Crippen LogP contribution < -0.4 is 26.2 Å². The average Bonchev–Trinajstić information content (AvgIpc) is 3.11. The topological polar surface area (TPSA) is 139 Å². The lowest BCUT2D eigenvalue weighted by Gasteiger charge is -2.22. The van der Waals surface area contributed by atoms with E-state index in [2.05, 4.69) is 4.98 Å². The molecule has 0 bridgehead atoms. The smallest absolute Gasteiger partial charge is 0.330 e. The van der Waals surface area contributed by atoms with Crippen molar-refractivity contribution in [3.8, 4) is 0 Å². The minimum Gasteiger partial charge on any atom is -0.383 e. The second-order valence-corrected chi connectivity index (χ2v) is 10.2. The number of nitrogen functional groups attached to an aromatic ring is 1. The van der Waals surface area contributed by atoms with Crippen LogP contribution in [-0.4, -0.2) is 43.2 Å². The third-order valence-corrected chi connectivity index (χ3v) is 7.15. The molecule has 0 saturated heterocycles. The number of fused-ring (bicyclic) bond motifs is 1. The molecule has 1 aliphatic rings. The summed E-state index contributed by atoms with van der Waals surface area (Å²) in [5.74, 6) is -0.651. The SMILES string of the molecule is CC1Cc2cc(C(=O)N(C)c3c(N)n(Cc4ccccc4)c(=O)[nH]c3=O)ccc2N1S(C)(=O)=O. The van der Waals surface area contributed by atoms with E-state index in [-0.39, 0.29) is 29.7 Å². The molecular weight excluding hydrogens is 458 g/mol. The Hall–Kier alpha value is -3.86. The molecule has 2 heterocycles. The maximum absolute atomic E-state index is 13.3. The van der Waals surface area contributed by atoms with Gasteiger partial charge in [0, 0.05) is 18.7 Å². The molecule has 0 aliphatic carbocycles. The van der Waals surface area contributed by atoms with Gasteiger partial charge in [0.15, 0.2) is 5.69 Å². The molecule has 178 valence electrons. The zero-order valence-corrected chi connectivity index (χ0v) is 19.8. The summed E-state index contributed by atoms with van der Waals surface area (Å²) in [7, 11) is -2.06. The van der Waals surface area contributed by atoms with Gasteiger partial charge in [0.2, 0.25) is 10.0 Å². The van der Waals surface area contributed by atoms with Crippen molar-refractivity contribution in [2.24, 2.45) is 0 Å². The Bertz CT molecular complexity index is 1490. The van der Waals surface area contributed by atoms with Gasteiger partial charge < -0.3 is 10.6 Å². The summed E-state index contributed by atoms with van der Waals surface area (Å²) in [5, 5.41) is 0. The van der Waals surface area contributed by atoms with Crippen molar-refractivity contribution >= 4 is 33.1 Å². The molecule has 0 radical (unpaired) electrons. The maximum atomic E-state index is 13.3. The summed E-state index contributed by atoms with van der Waals surface area (Å²) in [5.41, 5.74) is 6.91. The number of nitrogens with one attached hydrogen (secondary N) is 1. The second kappa shape index (κ2) is 8.49. The van der Waals surface area contributed by atoms with Crippen molar-refractivity contribution in [1.82, 2.24) is 9.55 Å². The third-order valence-electron chi connectivity index (χ3n) is 5.87. The number of nitrogens with zero attached hydrogens (tertiary/aromatic N) is 3. The third kappa shape index (κ3) is 4.10. The highest BCUT2D eigenvalue weighted by Gasteiger charge is 2.33. The van der Waals surface area contributed by atoms with Gasteiger partial charge >= 0.3 is 5.69 Å². The standard InChI is InChI=1S/C23H25N5O5S/c1-14-11-17-12-16(9-10-18(17)28(14)34(3,32)33)22(30)26(2)19-20(24)27(23(31)25-21(19)29)13-15-7-5-4-6-8-15/h4-10,12,14H,11,13,24H2,1-3H3,(H,25,29,31). The highest BCUT2D eigenvalue weighted by atomic mass is 32.2. The summed E-state index contributed by atoms with van der Waals surface area (Å²) < 4.78 is 26.8. The van der Waals surface area contributed by atoms with Gasteiger partial charge in [-0.25, -0.2) is 13.2 Å². The molecule has 1 aromatic heterocycles. The Morgan fingerprint density at radius 2 is 1.85 bits per heavy atom. The summed E-state index contributed by atoms with van der Waals surface area (Å²) in [6.45, 7) is 1.92. The first-order valence-electron chi connectivity index (χ1n) is 10.6. The van der Waals surface area contributed by atoms with E-state index in [0.29, 0.717) is 17.7 Å². The summed E-state index contributed by atoms with van der Waals surface area (Å²) in [4.78, 5) is 41.6. The minimum absolute atomic E-state index is 0.120. The number of benzene rings is 2. The summed E-state index contributed by atoms with van der Waals surface area (Å²) >= 11 is 0. The van der Waals surface area contributed by atoms with Crippen LogP contribution in [0.5, 0.6) is 0 Å². The number of carbonyl (C=O) groups excluding carboxylic acids is 1. The molecule has 2 aromatic carbocycles. The lowest BCUT2D eigenvalue weighted by atomic mass is 10.1. The predicted molar refractivity (Wildman–Crippen MR) is 131 cm³/mol. The number of hydrogen-bond acceptors (Lipinski definition) is 6. The van der Waals surface area contributed by atoms with Gasteiger partial charge in [-0.05, 0) is 42.7 Å². The molecule has 1 aliphatic heterocycles. The summed E-state index contributed by atoms with van der Waals surface area (Å²) in [6, 6.07) is 13.6. The largest absolute Gasteiger partial charge is 0.383 e. The molecule has 0 fully saturated rings. The van der Waals surface area contributed by atoms with Crippen molar-refractivity contribution in [2.75, 3.05) is 28.2 Å². The number of aromatic nitrogens is 2. The van der Waals surface area contributed by atoms with Gasteiger partial charge in [0.25, 0.3) is 11.5 Å². The molecule has 4 rings (SSSR count). The van der Waals surface area contributed by atoms with E-state index in [0.717, 1.165) is 16.7 Å². The van der Waals surface area contributed by atoms with E-state index in [9.17, 15) is 22.8 Å². The Labute approximate surface area is 196 Å². The maximum Gasteiger partial charge on any atom is 0.330 e. The van der Waals surface area contributed by atoms with E-state index >= 15 is 0 Å². The number of H-pyrrole nitrogens is 1. The Morgan fingerprint density at radius 3 is 2.50 bits per heavy atom. The Kier molecular flexibility index (Phi) is 5.82. The van der Waals surface area contributed by atoms with E-state index in [1.165, 1.54) is 22.0 Å². The lowest BCUT2D eigenvalue weighted by Crippen LogP contribution is -2.39. The Balaban J connectivity index is 1.70. The van der Waals surface area contributed by atoms with Crippen molar-refractivity contribution in [1.29, 1.82) is 0 Å². The molecule has 11 heteroatoms. The second-order valence-electron chi connectivity index (χ2n) is 8.38. The van der Waals surface area contributed by atoms with E-state index in [4.69, 9.17) is 5.73 Å². The molecule has 1 amide bonds. The van der Waals surface area contributed by atoms with Gasteiger partial charge in [-0.1, -0.05) is 30.3 Å². The fraction of sp³-hybridized carbons (Fsp3) is 0.261. The zero-order valence-electron chi connectivity index (χ0n) is 19.0. The number of sulfonamides is 1. The van der Waals surface area contributed by atoms with Gasteiger partial charge in [0.1, 0.15) is 5.82 Å². The predicted octanol–water partition coefficient (Wildman–Crippen LogP) is 1.15. The quantitative estimate of drug-likeness (QED) is 0.558. The zero-order chi connectivity index (χ0) is 24.8. The van der Waals surface area contributed by atoms with Crippen molar-refractivity contribution in [2.45, 2.75) is 25.9 Å². The monoisotopic (exact) mass is 483 g/mol. The van der Waals surface area contributed by atoms with Crippen LogP contribution in [0.1, 0.15) is 28.4 Å². The van der Waals surface area contributed by atoms with Crippen LogP contribution in [0.25, 0.3) is 0 Å². The van der Waals surface area contributed by atoms with Crippen LogP contribution in [0.4, 0.5) is 17.2 Å². The number of rotatable bonds is 5. The molecule has 3 aromatic rings. The summed E-state index contributed by atoms with van der Waals surface area (Å²) in [6.07, 6.45) is 1.60. The van der Waals surface area contributed by atoms with Gasteiger partial charge in [-0.2, -0.15) is 0 Å². The van der Waals surface area contributed by atoms with Crippen LogP contribution in [0.3, 0.4) is 0 Å². The van der Waals surface area contributed by atoms with Gasteiger partial charge in [-0.15, -0.1) is 0 Å². The van der Waals surface area contributed by atoms with Crippen LogP contribution >= 0.6 is 0 Å². The number of aromatic amines is 1. The number of nitrogens with two attached hydrogens (primary N) is 1. The first-order valence-corrected chi connectivity index (χ1v) is 12.4. The van der Waals surface area contributed by atoms with Crippen LogP contribution in [0.2, 0.25) is 0 Å². The number of anilines is 3. The van der Waals surface area contributed by atoms with Crippen molar-refractivity contribution in [3.63, 3.8) is 0 Å². The minimum atomic E-state index is -3.46. The first-order chi connectivity index (χ1) is 16.0. The highest BCUT2D eigenvalue weighted by molar-refractivity contribution is 7.92. The van der Waals surface area contributed by atoms with Crippen molar-refractivity contribution < 1.29 is 13.2 Å². The number of carbonyl (C=O) groups is 1. The molecular formula is C23H25N5O5S. The molecule has 1 unspecified atom stereocenters. The molecule has 3 N–H and O–H groups in total. The van der Waals surface area contributed by atoms with Crippen molar-refractivity contribution in [3.05, 3.63) is 86.1 Å². The molecule has 10 nitrogen and oxygen atoms in total. The van der Waals surface area contributed by atoms with Crippen LogP contribution in [0.15, 0.2) is 58.1 Å². The average molecular weight is 484 g/mol. The van der Waals surface area contributed by atoms with Gasteiger partial charge in [-0.3, -0.25) is 23.4 Å². The van der Waals surface area contributed by atoms with E-state index in [1.807, 2.05) is 30.3 Å². The lowest BCUT2D eigenvalue weighted by molar-refractivity contribution is 0.0992. The molecule has 34 heavy (non-hydrogen) atoms. The first kappa shape index (κ1) is 23.3. The fourth-order valence-electron chi connectivity index (χ4n) is 4.36. The number of hydrogen-bond donors (Lipinski definition) is 2. The normalized spacial score (nSPS) is 15.3. The fourth-order valence-corrected chi connectivity index (χ4v) is 5.62. The molecule has 0 saturated carbocycles. The highest BCUT2D eigenvalue weighted by Crippen LogP contribution is 2.35. The Morgan fingerprint density at radius 1 is 1.18 bits per heavy atom. The molecule has 0 spiro atoms. The van der Waals surface area contributed by atoms with Crippen LogP contribution in [-0.2, 0) is 23.0 Å². The van der Waals surface area contributed by atoms with Crippen LogP contribution in [0, 0.1) is 0 Å². The molecule has 1 atom stereocenters.